The second-order valence-electron chi connectivity index (χ2n) is 4.65. The summed E-state index contributed by atoms with van der Waals surface area (Å²) in [6.07, 6.45) is 3.12. The van der Waals surface area contributed by atoms with Crippen LogP contribution in [0.2, 0.25) is 0 Å². The van der Waals surface area contributed by atoms with Crippen molar-refractivity contribution >= 4 is 23.4 Å². The van der Waals surface area contributed by atoms with Gasteiger partial charge in [0.15, 0.2) is 0 Å². The Morgan fingerprint density at radius 2 is 2.00 bits per heavy atom. The molecule has 1 rings (SSSR count). The molecule has 0 aliphatic heterocycles. The number of benzene rings is 1. The van der Waals surface area contributed by atoms with Crippen LogP contribution in [0.25, 0.3) is 0 Å². The van der Waals surface area contributed by atoms with E-state index in [-0.39, 0.29) is 11.9 Å². The fourth-order valence-corrected chi connectivity index (χ4v) is 2.40. The van der Waals surface area contributed by atoms with E-state index in [4.69, 9.17) is 0 Å². The van der Waals surface area contributed by atoms with Crippen molar-refractivity contribution in [1.29, 1.82) is 0 Å². The van der Waals surface area contributed by atoms with Crippen molar-refractivity contribution < 1.29 is 4.79 Å². The molecule has 0 bridgehead atoms. The van der Waals surface area contributed by atoms with Crippen LogP contribution in [0.15, 0.2) is 24.3 Å². The van der Waals surface area contributed by atoms with E-state index in [1.165, 1.54) is 0 Å². The maximum absolute atomic E-state index is 12.3. The smallest absolute Gasteiger partial charge is 0.253 e. The number of amides is 1. The quantitative estimate of drug-likeness (QED) is 0.831. The largest absolute Gasteiger partial charge is 0.385 e. The van der Waals surface area contributed by atoms with Crippen LogP contribution in [-0.2, 0) is 0 Å². The first-order valence-electron chi connectivity index (χ1n) is 6.70. The summed E-state index contributed by atoms with van der Waals surface area (Å²) in [7, 11) is 1.88. The van der Waals surface area contributed by atoms with Gasteiger partial charge in [-0.1, -0.05) is 0 Å². The third-order valence-corrected chi connectivity index (χ3v) is 3.88. The number of hydrogen-bond acceptors (Lipinski definition) is 3. The zero-order valence-corrected chi connectivity index (χ0v) is 13.1. The zero-order chi connectivity index (χ0) is 14.3. The Morgan fingerprint density at radius 1 is 1.37 bits per heavy atom. The summed E-state index contributed by atoms with van der Waals surface area (Å²) < 4.78 is 0. The van der Waals surface area contributed by atoms with Gasteiger partial charge in [0.25, 0.3) is 5.91 Å². The number of nitrogens with one attached hydrogen (secondary N) is 1. The van der Waals surface area contributed by atoms with Gasteiger partial charge in [0, 0.05) is 30.9 Å². The van der Waals surface area contributed by atoms with Gasteiger partial charge in [-0.3, -0.25) is 4.79 Å². The fourth-order valence-electron chi connectivity index (χ4n) is 1.82. The summed E-state index contributed by atoms with van der Waals surface area (Å²) in [6.45, 7) is 5.04. The first-order chi connectivity index (χ1) is 9.10. The fraction of sp³-hybridized carbons (Fsp3) is 0.533. The van der Waals surface area contributed by atoms with E-state index < -0.39 is 0 Å². The summed E-state index contributed by atoms with van der Waals surface area (Å²) >= 11 is 1.82. The van der Waals surface area contributed by atoms with E-state index in [1.807, 2.05) is 48.0 Å². The number of carbonyl (C=O) groups excluding carboxylic acids is 1. The molecule has 3 nitrogen and oxygen atoms in total. The molecule has 0 aliphatic carbocycles. The Balaban J connectivity index is 2.65. The van der Waals surface area contributed by atoms with Crippen molar-refractivity contribution in [1.82, 2.24) is 4.90 Å². The molecule has 19 heavy (non-hydrogen) atoms. The molecule has 1 N–H and O–H groups in total. The maximum atomic E-state index is 12.3. The van der Waals surface area contributed by atoms with Crippen molar-refractivity contribution in [3.63, 3.8) is 0 Å². The van der Waals surface area contributed by atoms with Crippen LogP contribution in [0.4, 0.5) is 5.69 Å². The SMILES string of the molecule is CCNc1ccc(C(=O)N(C)C(C)CCSC)cc1. The second-order valence-corrected chi connectivity index (χ2v) is 5.64. The van der Waals surface area contributed by atoms with E-state index in [9.17, 15) is 4.79 Å². The van der Waals surface area contributed by atoms with Gasteiger partial charge in [0.05, 0.1) is 0 Å². The Labute approximate surface area is 120 Å². The number of anilines is 1. The van der Waals surface area contributed by atoms with Crippen LogP contribution in [0, 0.1) is 0 Å². The van der Waals surface area contributed by atoms with Gasteiger partial charge in [-0.2, -0.15) is 11.8 Å². The molecule has 0 aromatic heterocycles. The third kappa shape index (κ3) is 4.78. The molecule has 4 heteroatoms. The molecule has 1 aromatic rings. The molecule has 0 heterocycles. The molecule has 0 fully saturated rings. The number of rotatable bonds is 7. The molecule has 1 unspecified atom stereocenters. The minimum absolute atomic E-state index is 0.0941. The number of hydrogen-bond donors (Lipinski definition) is 1. The van der Waals surface area contributed by atoms with Crippen molar-refractivity contribution in [2.24, 2.45) is 0 Å². The molecular formula is C15H24N2OS. The topological polar surface area (TPSA) is 32.3 Å². The normalized spacial score (nSPS) is 12.0. The van der Waals surface area contributed by atoms with Gasteiger partial charge in [0.1, 0.15) is 0 Å². The average Bonchev–Trinajstić information content (AvgIpc) is 2.44. The van der Waals surface area contributed by atoms with Crippen molar-refractivity contribution in [3.8, 4) is 0 Å². The second kappa shape index (κ2) is 8.10. The number of nitrogens with zero attached hydrogens (tertiary/aromatic N) is 1. The lowest BCUT2D eigenvalue weighted by atomic mass is 10.1. The number of carbonyl (C=O) groups is 1. The minimum atomic E-state index is 0.0941. The van der Waals surface area contributed by atoms with Crippen LogP contribution in [0.5, 0.6) is 0 Å². The van der Waals surface area contributed by atoms with E-state index in [0.29, 0.717) is 0 Å². The molecule has 1 aromatic carbocycles. The Kier molecular flexibility index (Phi) is 6.78. The summed E-state index contributed by atoms with van der Waals surface area (Å²) in [5, 5.41) is 3.23. The van der Waals surface area contributed by atoms with Gasteiger partial charge in [-0.05, 0) is 56.5 Å². The monoisotopic (exact) mass is 280 g/mol. The summed E-state index contributed by atoms with van der Waals surface area (Å²) in [6, 6.07) is 7.96. The van der Waals surface area contributed by atoms with E-state index >= 15 is 0 Å². The Hall–Kier alpha value is -1.16. The lowest BCUT2D eigenvalue weighted by molar-refractivity contribution is 0.0741. The lowest BCUT2D eigenvalue weighted by Gasteiger charge is -2.25. The van der Waals surface area contributed by atoms with Crippen molar-refractivity contribution in [3.05, 3.63) is 29.8 Å². The highest BCUT2D eigenvalue weighted by molar-refractivity contribution is 7.98. The minimum Gasteiger partial charge on any atom is -0.385 e. The molecule has 0 saturated carbocycles. The van der Waals surface area contributed by atoms with Gasteiger partial charge in [0.2, 0.25) is 0 Å². The first-order valence-corrected chi connectivity index (χ1v) is 8.09. The van der Waals surface area contributed by atoms with Gasteiger partial charge < -0.3 is 10.2 Å². The molecule has 0 saturated heterocycles. The molecule has 106 valence electrons. The lowest BCUT2D eigenvalue weighted by Crippen LogP contribution is -2.35. The van der Waals surface area contributed by atoms with Crippen LogP contribution in [0.1, 0.15) is 30.6 Å². The predicted molar refractivity (Wildman–Crippen MR) is 85.2 cm³/mol. The summed E-state index contributed by atoms with van der Waals surface area (Å²) in [4.78, 5) is 14.1. The maximum Gasteiger partial charge on any atom is 0.253 e. The van der Waals surface area contributed by atoms with Gasteiger partial charge in [-0.25, -0.2) is 0 Å². The standard InChI is InChI=1S/C15H24N2OS/c1-5-16-14-8-6-13(7-9-14)15(18)17(3)12(2)10-11-19-4/h6-9,12,16H,5,10-11H2,1-4H3. The highest BCUT2D eigenvalue weighted by atomic mass is 32.2. The van der Waals surface area contributed by atoms with Crippen LogP contribution in [-0.4, -0.2) is 42.4 Å². The summed E-state index contributed by atoms with van der Waals surface area (Å²) in [5.41, 5.74) is 1.80. The Bertz CT molecular complexity index is 392. The molecular weight excluding hydrogens is 256 g/mol. The third-order valence-electron chi connectivity index (χ3n) is 3.23. The Morgan fingerprint density at radius 3 is 2.53 bits per heavy atom. The average molecular weight is 280 g/mol. The molecule has 1 atom stereocenters. The van der Waals surface area contributed by atoms with E-state index in [0.717, 1.165) is 30.0 Å². The molecule has 1 amide bonds. The zero-order valence-electron chi connectivity index (χ0n) is 12.3. The van der Waals surface area contributed by atoms with Crippen LogP contribution >= 0.6 is 11.8 Å². The summed E-state index contributed by atoms with van der Waals surface area (Å²) in [5.74, 6) is 1.18. The first kappa shape index (κ1) is 15.9. The highest BCUT2D eigenvalue weighted by Crippen LogP contribution is 2.14. The number of thioether (sulfide) groups is 1. The van der Waals surface area contributed by atoms with Crippen molar-refractivity contribution in [2.45, 2.75) is 26.3 Å². The molecule has 0 spiro atoms. The van der Waals surface area contributed by atoms with Crippen LogP contribution in [0.3, 0.4) is 0 Å². The molecule has 0 radical (unpaired) electrons. The predicted octanol–water partition coefficient (Wildman–Crippen LogP) is 3.33. The highest BCUT2D eigenvalue weighted by Gasteiger charge is 2.16. The van der Waals surface area contributed by atoms with E-state index in [2.05, 4.69) is 25.4 Å². The van der Waals surface area contributed by atoms with Gasteiger partial charge in [-0.15, -0.1) is 0 Å². The molecule has 0 aliphatic rings. The van der Waals surface area contributed by atoms with Crippen LogP contribution < -0.4 is 5.32 Å². The van der Waals surface area contributed by atoms with Gasteiger partial charge >= 0.3 is 0 Å². The van der Waals surface area contributed by atoms with Crippen molar-refractivity contribution in [2.75, 3.05) is 30.9 Å². The van der Waals surface area contributed by atoms with E-state index in [1.54, 1.807) is 0 Å².